The summed E-state index contributed by atoms with van der Waals surface area (Å²) < 4.78 is 32.2. The predicted octanol–water partition coefficient (Wildman–Crippen LogP) is 0.832. The summed E-state index contributed by atoms with van der Waals surface area (Å²) in [6, 6.07) is 0. The quantitative estimate of drug-likeness (QED) is 0.488. The van der Waals surface area contributed by atoms with Crippen LogP contribution in [0, 0.1) is 11.8 Å². The van der Waals surface area contributed by atoms with Gasteiger partial charge in [0.15, 0.2) is 24.1 Å². The molecule has 0 aromatic carbocycles. The van der Waals surface area contributed by atoms with Crippen LogP contribution >= 0.6 is 11.6 Å². The van der Waals surface area contributed by atoms with Crippen LogP contribution in [0.3, 0.4) is 0 Å². The van der Waals surface area contributed by atoms with Crippen LogP contribution in [-0.2, 0) is 23.8 Å². The molecule has 0 bridgehead atoms. The Kier molecular flexibility index (Phi) is 7.17. The summed E-state index contributed by atoms with van der Waals surface area (Å²) >= 11 is 6.05. The maximum Gasteiger partial charge on any atom is 0.368 e. The summed E-state index contributed by atoms with van der Waals surface area (Å²) in [6.07, 6.45) is -4.15. The van der Waals surface area contributed by atoms with Gasteiger partial charge in [-0.1, -0.05) is 27.7 Å². The van der Waals surface area contributed by atoms with E-state index in [0.29, 0.717) is 4.68 Å². The molecule has 12 heteroatoms. The molecule has 1 fully saturated rings. The number of rotatable bonds is 7. The average molecular weight is 435 g/mol. The molecule has 2 rings (SSSR count). The maximum absolute atomic E-state index is 15.3. The van der Waals surface area contributed by atoms with Gasteiger partial charge in [0.2, 0.25) is 0 Å². The third-order valence-corrected chi connectivity index (χ3v) is 4.74. The number of nitrogens with two attached hydrogens (primary N) is 1. The fourth-order valence-corrected chi connectivity index (χ4v) is 2.88. The molecule has 2 N–H and O–H groups in total. The van der Waals surface area contributed by atoms with Crippen molar-refractivity contribution in [1.29, 1.82) is 0 Å². The van der Waals surface area contributed by atoms with Crippen LogP contribution in [0.1, 0.15) is 33.9 Å². The van der Waals surface area contributed by atoms with E-state index in [2.05, 4.69) is 10.1 Å². The van der Waals surface area contributed by atoms with Gasteiger partial charge >= 0.3 is 17.6 Å². The van der Waals surface area contributed by atoms with Gasteiger partial charge in [-0.2, -0.15) is 14.8 Å². The number of carbonyl (C=O) groups excluding carboxylic acids is 2. The zero-order valence-corrected chi connectivity index (χ0v) is 17.3. The fourth-order valence-electron chi connectivity index (χ4n) is 2.59. The molecule has 0 aliphatic carbocycles. The minimum absolute atomic E-state index is 0.156. The fraction of sp³-hybridized carbons (Fsp3) is 0.706. The topological polar surface area (TPSA) is 136 Å². The van der Waals surface area contributed by atoms with E-state index in [0.717, 1.165) is 6.20 Å². The van der Waals surface area contributed by atoms with Crippen molar-refractivity contribution in [2.24, 2.45) is 11.8 Å². The molecule has 0 radical (unpaired) electrons. The first-order chi connectivity index (χ1) is 13.5. The van der Waals surface area contributed by atoms with E-state index in [1.165, 1.54) is 0 Å². The lowest BCUT2D eigenvalue weighted by Gasteiger charge is -2.31. The van der Waals surface area contributed by atoms with Crippen LogP contribution in [0.5, 0.6) is 0 Å². The summed E-state index contributed by atoms with van der Waals surface area (Å²) in [5.41, 5.74) is 2.71. The van der Waals surface area contributed by atoms with Crippen LogP contribution in [-0.4, -0.2) is 57.1 Å². The van der Waals surface area contributed by atoms with Crippen LogP contribution in [0.2, 0.25) is 0 Å². The SMILES string of the molecule is CC(C)C(=O)OC[C@@]1(CCl)O[C@@H](n2ncc(N)nc2=O)[C@H](F)[C@@H]1OC(=O)C(C)C. The first-order valence-corrected chi connectivity index (χ1v) is 9.52. The first kappa shape index (κ1) is 23.0. The van der Waals surface area contributed by atoms with Gasteiger partial charge in [-0.05, 0) is 0 Å². The highest BCUT2D eigenvalue weighted by Gasteiger charge is 2.60. The van der Waals surface area contributed by atoms with Crippen molar-refractivity contribution >= 4 is 29.4 Å². The number of hydrogen-bond acceptors (Lipinski definition) is 9. The van der Waals surface area contributed by atoms with Crippen molar-refractivity contribution in [2.75, 3.05) is 18.2 Å². The van der Waals surface area contributed by atoms with Crippen molar-refractivity contribution in [3.63, 3.8) is 0 Å². The van der Waals surface area contributed by atoms with Gasteiger partial charge in [-0.15, -0.1) is 11.6 Å². The molecule has 0 spiro atoms. The maximum atomic E-state index is 15.3. The molecular weight excluding hydrogens is 411 g/mol. The summed E-state index contributed by atoms with van der Waals surface area (Å²) in [6.45, 7) is 5.88. The molecule has 0 saturated carbocycles. The first-order valence-electron chi connectivity index (χ1n) is 8.98. The molecule has 0 unspecified atom stereocenters. The van der Waals surface area contributed by atoms with Gasteiger partial charge in [0.1, 0.15) is 12.4 Å². The van der Waals surface area contributed by atoms with Crippen molar-refractivity contribution in [3.8, 4) is 0 Å². The lowest BCUT2D eigenvalue weighted by Crippen LogP contribution is -2.51. The smallest absolute Gasteiger partial charge is 0.368 e. The lowest BCUT2D eigenvalue weighted by atomic mass is 9.98. The number of anilines is 1. The van der Waals surface area contributed by atoms with Gasteiger partial charge in [-0.25, -0.2) is 9.18 Å². The number of carbonyl (C=O) groups is 2. The lowest BCUT2D eigenvalue weighted by molar-refractivity contribution is -0.177. The molecular formula is C17H24ClFN4O6. The van der Waals surface area contributed by atoms with E-state index >= 15 is 4.39 Å². The number of halogens is 2. The van der Waals surface area contributed by atoms with Crippen molar-refractivity contribution < 1.29 is 28.2 Å². The van der Waals surface area contributed by atoms with Gasteiger partial charge < -0.3 is 19.9 Å². The molecule has 10 nitrogen and oxygen atoms in total. The third-order valence-electron chi connectivity index (χ3n) is 4.28. The Morgan fingerprint density at radius 2 is 1.97 bits per heavy atom. The average Bonchev–Trinajstić information content (AvgIpc) is 2.92. The number of esters is 2. The molecule has 29 heavy (non-hydrogen) atoms. The second-order valence-corrected chi connectivity index (χ2v) is 7.60. The molecule has 4 atom stereocenters. The molecule has 1 saturated heterocycles. The normalized spacial score (nSPS) is 26.7. The second-order valence-electron chi connectivity index (χ2n) is 7.33. The molecule has 1 aromatic heterocycles. The van der Waals surface area contributed by atoms with E-state index in [1.807, 2.05) is 0 Å². The Bertz CT molecular complexity index is 819. The predicted molar refractivity (Wildman–Crippen MR) is 99.7 cm³/mol. The molecule has 1 aromatic rings. The summed E-state index contributed by atoms with van der Waals surface area (Å²) in [5, 5.41) is 3.74. The largest absolute Gasteiger partial charge is 0.462 e. The minimum atomic E-state index is -2.04. The monoisotopic (exact) mass is 434 g/mol. The van der Waals surface area contributed by atoms with Crippen molar-refractivity contribution in [2.45, 2.75) is 51.8 Å². The number of hydrogen-bond donors (Lipinski definition) is 1. The Labute approximate surface area is 171 Å². The molecule has 1 aliphatic heterocycles. The van der Waals surface area contributed by atoms with Crippen LogP contribution in [0.4, 0.5) is 10.2 Å². The standard InChI is InChI=1S/C17H24ClFN4O6/c1-8(2)14(24)27-7-17(6-18)12(28-15(25)9(3)4)11(19)13(29-17)23-16(26)22-10(20)5-21-23/h5,8-9,11-13H,6-7H2,1-4H3,(H2,20,22,26)/t11-,12+,13-,17-/m1/s1. The highest BCUT2D eigenvalue weighted by Crippen LogP contribution is 2.41. The Balaban J connectivity index is 2.42. The summed E-state index contributed by atoms with van der Waals surface area (Å²) in [4.78, 5) is 39.6. The zero-order valence-electron chi connectivity index (χ0n) is 16.5. The Morgan fingerprint density at radius 3 is 2.48 bits per heavy atom. The number of nitrogens with zero attached hydrogens (tertiary/aromatic N) is 3. The molecule has 2 heterocycles. The van der Waals surface area contributed by atoms with Gasteiger partial charge in [0.05, 0.1) is 23.9 Å². The molecule has 0 amide bonds. The van der Waals surface area contributed by atoms with Crippen LogP contribution < -0.4 is 11.4 Å². The second kappa shape index (κ2) is 9.04. The highest BCUT2D eigenvalue weighted by molar-refractivity contribution is 6.18. The Hall–Kier alpha value is -2.27. The minimum Gasteiger partial charge on any atom is -0.462 e. The van der Waals surface area contributed by atoms with E-state index in [1.54, 1.807) is 27.7 Å². The summed E-state index contributed by atoms with van der Waals surface area (Å²) in [5.74, 6) is -2.84. The third kappa shape index (κ3) is 4.84. The van der Waals surface area contributed by atoms with E-state index in [4.69, 9.17) is 31.5 Å². The number of ether oxygens (including phenoxy) is 3. The van der Waals surface area contributed by atoms with Crippen LogP contribution in [0.25, 0.3) is 0 Å². The number of nitrogen functional groups attached to an aromatic ring is 1. The molecule has 1 aliphatic rings. The van der Waals surface area contributed by atoms with Crippen molar-refractivity contribution in [1.82, 2.24) is 14.8 Å². The van der Waals surface area contributed by atoms with Gasteiger partial charge in [0, 0.05) is 0 Å². The Morgan fingerprint density at radius 1 is 1.34 bits per heavy atom. The van der Waals surface area contributed by atoms with E-state index in [9.17, 15) is 14.4 Å². The number of aromatic nitrogens is 3. The highest BCUT2D eigenvalue weighted by atomic mass is 35.5. The zero-order chi connectivity index (χ0) is 21.9. The molecule has 162 valence electrons. The number of alkyl halides is 2. The van der Waals surface area contributed by atoms with Crippen molar-refractivity contribution in [3.05, 3.63) is 16.7 Å². The summed E-state index contributed by atoms with van der Waals surface area (Å²) in [7, 11) is 0. The van der Waals surface area contributed by atoms with E-state index in [-0.39, 0.29) is 11.7 Å². The van der Waals surface area contributed by atoms with E-state index < -0.39 is 60.2 Å². The van der Waals surface area contributed by atoms with Gasteiger partial charge in [0.25, 0.3) is 0 Å². The van der Waals surface area contributed by atoms with Crippen LogP contribution in [0.15, 0.2) is 11.0 Å². The van der Waals surface area contributed by atoms with Gasteiger partial charge in [-0.3, -0.25) is 9.59 Å².